The van der Waals surface area contributed by atoms with Crippen molar-refractivity contribution in [1.82, 2.24) is 10.2 Å². The van der Waals surface area contributed by atoms with Crippen LogP contribution >= 0.6 is 0 Å². The highest BCUT2D eigenvalue weighted by Crippen LogP contribution is 2.18. The largest absolute Gasteiger partial charge is 0.376 e. The molecule has 0 aliphatic carbocycles. The van der Waals surface area contributed by atoms with E-state index in [1.807, 2.05) is 13.0 Å². The Balaban J connectivity index is 2.79. The lowest BCUT2D eigenvalue weighted by molar-refractivity contribution is -0.128. The van der Waals surface area contributed by atoms with Gasteiger partial charge in [-0.05, 0) is 24.6 Å². The summed E-state index contributed by atoms with van der Waals surface area (Å²) >= 11 is 0. The zero-order valence-corrected chi connectivity index (χ0v) is 13.2. The van der Waals surface area contributed by atoms with E-state index in [4.69, 9.17) is 0 Å². The summed E-state index contributed by atoms with van der Waals surface area (Å²) in [7, 11) is 1.59. The normalized spacial score (nSPS) is 9.73. The highest BCUT2D eigenvalue weighted by molar-refractivity contribution is 5.97. The second-order valence-corrected chi connectivity index (χ2v) is 4.79. The Labute approximate surface area is 131 Å². The third-order valence-electron chi connectivity index (χ3n) is 3.29. The molecule has 0 saturated heterocycles. The number of hydrogen-bond acceptors (Lipinski definition) is 3. The Morgan fingerprint density at radius 3 is 2.41 bits per heavy atom. The van der Waals surface area contributed by atoms with E-state index in [2.05, 4.69) is 23.8 Å². The van der Waals surface area contributed by atoms with E-state index in [0.29, 0.717) is 18.7 Å². The number of anilines is 1. The predicted molar refractivity (Wildman–Crippen MR) is 90.0 cm³/mol. The van der Waals surface area contributed by atoms with Crippen LogP contribution in [-0.2, 0) is 4.79 Å². The molecule has 0 unspecified atom stereocenters. The summed E-state index contributed by atoms with van der Waals surface area (Å²) < 4.78 is 0. The molecule has 0 heterocycles. The van der Waals surface area contributed by atoms with Gasteiger partial charge in [-0.2, -0.15) is 0 Å². The van der Waals surface area contributed by atoms with Gasteiger partial charge in [0.25, 0.3) is 5.91 Å². The SMILES string of the molecule is C=CCN(CC=C)C(=O)CNc1cccc(C(=O)NC)c1C. The molecule has 2 N–H and O–H groups in total. The molecule has 0 bridgehead atoms. The molecular weight excluding hydrogens is 278 g/mol. The van der Waals surface area contributed by atoms with Crippen molar-refractivity contribution in [1.29, 1.82) is 0 Å². The van der Waals surface area contributed by atoms with Gasteiger partial charge >= 0.3 is 0 Å². The lowest BCUT2D eigenvalue weighted by Crippen LogP contribution is -2.36. The van der Waals surface area contributed by atoms with Crippen molar-refractivity contribution in [3.63, 3.8) is 0 Å². The monoisotopic (exact) mass is 301 g/mol. The molecule has 22 heavy (non-hydrogen) atoms. The maximum absolute atomic E-state index is 12.2. The molecule has 0 atom stereocenters. The fourth-order valence-corrected chi connectivity index (χ4v) is 2.08. The number of hydrogen-bond donors (Lipinski definition) is 2. The first-order valence-corrected chi connectivity index (χ1v) is 7.10. The van der Waals surface area contributed by atoms with Crippen LogP contribution in [0.5, 0.6) is 0 Å². The van der Waals surface area contributed by atoms with Gasteiger partial charge in [-0.1, -0.05) is 18.2 Å². The summed E-state index contributed by atoms with van der Waals surface area (Å²) in [6, 6.07) is 5.39. The highest BCUT2D eigenvalue weighted by Gasteiger charge is 2.13. The van der Waals surface area contributed by atoms with Gasteiger partial charge in [0.2, 0.25) is 5.91 Å². The van der Waals surface area contributed by atoms with Crippen LogP contribution < -0.4 is 10.6 Å². The smallest absolute Gasteiger partial charge is 0.251 e. The van der Waals surface area contributed by atoms with E-state index in [1.165, 1.54) is 0 Å². The van der Waals surface area contributed by atoms with Crippen molar-refractivity contribution in [3.8, 4) is 0 Å². The first kappa shape index (κ1) is 17.5. The van der Waals surface area contributed by atoms with E-state index in [0.717, 1.165) is 11.3 Å². The highest BCUT2D eigenvalue weighted by atomic mass is 16.2. The first-order chi connectivity index (χ1) is 10.5. The van der Waals surface area contributed by atoms with Gasteiger partial charge in [-0.3, -0.25) is 9.59 Å². The van der Waals surface area contributed by atoms with Crippen LogP contribution in [0.1, 0.15) is 15.9 Å². The summed E-state index contributed by atoms with van der Waals surface area (Å²) in [6.07, 6.45) is 3.36. The number of carbonyl (C=O) groups excluding carboxylic acids is 2. The number of rotatable bonds is 8. The van der Waals surface area contributed by atoms with Crippen molar-refractivity contribution < 1.29 is 9.59 Å². The fourth-order valence-electron chi connectivity index (χ4n) is 2.08. The van der Waals surface area contributed by atoms with Gasteiger partial charge in [0.05, 0.1) is 6.54 Å². The van der Waals surface area contributed by atoms with Gasteiger partial charge in [-0.25, -0.2) is 0 Å². The minimum absolute atomic E-state index is 0.0513. The molecule has 2 amide bonds. The van der Waals surface area contributed by atoms with Gasteiger partial charge < -0.3 is 15.5 Å². The van der Waals surface area contributed by atoms with Crippen LogP contribution in [0.15, 0.2) is 43.5 Å². The Hall–Kier alpha value is -2.56. The number of carbonyl (C=O) groups is 2. The number of amides is 2. The maximum Gasteiger partial charge on any atom is 0.251 e. The molecule has 1 aromatic rings. The Bertz CT molecular complexity index is 557. The number of benzene rings is 1. The number of nitrogens with zero attached hydrogens (tertiary/aromatic N) is 1. The number of nitrogens with one attached hydrogen (secondary N) is 2. The first-order valence-electron chi connectivity index (χ1n) is 7.10. The van der Waals surface area contributed by atoms with E-state index in [9.17, 15) is 9.59 Å². The van der Waals surface area contributed by atoms with Crippen molar-refractivity contribution in [3.05, 3.63) is 54.6 Å². The topological polar surface area (TPSA) is 61.4 Å². The summed E-state index contributed by atoms with van der Waals surface area (Å²) in [5.41, 5.74) is 2.18. The Morgan fingerprint density at radius 1 is 1.23 bits per heavy atom. The summed E-state index contributed by atoms with van der Waals surface area (Å²) in [5, 5.41) is 5.69. The van der Waals surface area contributed by atoms with Crippen LogP contribution in [0.3, 0.4) is 0 Å². The van der Waals surface area contributed by atoms with E-state index >= 15 is 0 Å². The van der Waals surface area contributed by atoms with Crippen LogP contribution in [0.2, 0.25) is 0 Å². The standard InChI is InChI=1S/C17H23N3O2/c1-5-10-20(11-6-2)16(21)12-19-15-9-7-8-14(13(15)3)17(22)18-4/h5-9,19H,1-2,10-12H2,3-4H3,(H,18,22). The average molecular weight is 301 g/mol. The summed E-state index contributed by atoms with van der Waals surface area (Å²) in [5.74, 6) is -0.197. The quantitative estimate of drug-likeness (QED) is 0.722. The predicted octanol–water partition coefficient (Wildman–Crippen LogP) is 1.97. The maximum atomic E-state index is 12.2. The minimum Gasteiger partial charge on any atom is -0.376 e. The molecule has 5 nitrogen and oxygen atoms in total. The van der Waals surface area contributed by atoms with Gasteiger partial charge in [0, 0.05) is 31.4 Å². The van der Waals surface area contributed by atoms with Gasteiger partial charge in [-0.15, -0.1) is 13.2 Å². The molecule has 1 rings (SSSR count). The second-order valence-electron chi connectivity index (χ2n) is 4.79. The molecule has 5 heteroatoms. The third-order valence-corrected chi connectivity index (χ3v) is 3.29. The zero-order valence-electron chi connectivity index (χ0n) is 13.2. The third kappa shape index (κ3) is 4.48. The van der Waals surface area contributed by atoms with Crippen molar-refractivity contribution in [2.75, 3.05) is 32.0 Å². The Morgan fingerprint density at radius 2 is 1.86 bits per heavy atom. The minimum atomic E-state index is -0.146. The molecule has 0 spiro atoms. The van der Waals surface area contributed by atoms with Crippen LogP contribution in [0, 0.1) is 6.92 Å². The molecular formula is C17H23N3O2. The molecule has 0 aromatic heterocycles. The molecule has 1 aromatic carbocycles. The average Bonchev–Trinajstić information content (AvgIpc) is 2.52. The summed E-state index contributed by atoms with van der Waals surface area (Å²) in [6.45, 7) is 10.2. The van der Waals surface area contributed by atoms with Gasteiger partial charge in [0.1, 0.15) is 0 Å². The molecule has 0 saturated carbocycles. The fraction of sp³-hybridized carbons (Fsp3) is 0.294. The van der Waals surface area contributed by atoms with Crippen LogP contribution in [0.25, 0.3) is 0 Å². The zero-order chi connectivity index (χ0) is 16.5. The molecule has 0 fully saturated rings. The van der Waals surface area contributed by atoms with E-state index < -0.39 is 0 Å². The Kier molecular flexibility index (Phi) is 6.89. The molecule has 0 aliphatic rings. The van der Waals surface area contributed by atoms with Gasteiger partial charge in [0.15, 0.2) is 0 Å². The van der Waals surface area contributed by atoms with Crippen molar-refractivity contribution in [2.24, 2.45) is 0 Å². The van der Waals surface area contributed by atoms with E-state index in [1.54, 1.807) is 36.2 Å². The van der Waals surface area contributed by atoms with Crippen molar-refractivity contribution in [2.45, 2.75) is 6.92 Å². The van der Waals surface area contributed by atoms with Crippen LogP contribution in [0.4, 0.5) is 5.69 Å². The van der Waals surface area contributed by atoms with Crippen LogP contribution in [-0.4, -0.2) is 43.4 Å². The summed E-state index contributed by atoms with van der Waals surface area (Å²) in [4.78, 5) is 25.6. The molecule has 118 valence electrons. The lowest BCUT2D eigenvalue weighted by Gasteiger charge is -2.20. The second kappa shape index (κ2) is 8.67. The molecule has 0 aliphatic heterocycles. The van der Waals surface area contributed by atoms with E-state index in [-0.39, 0.29) is 18.4 Å². The molecule has 0 radical (unpaired) electrons. The lowest BCUT2D eigenvalue weighted by atomic mass is 10.1. The van der Waals surface area contributed by atoms with Crippen molar-refractivity contribution >= 4 is 17.5 Å².